The second-order valence-corrected chi connectivity index (χ2v) is 11.8. The number of likely N-dealkylation sites (tertiary alicyclic amines) is 1. The molecule has 3 fully saturated rings. The van der Waals surface area contributed by atoms with Gasteiger partial charge in [0.05, 0.1) is 36.3 Å². The molecule has 0 amide bonds. The smallest absolute Gasteiger partial charge is 0.239 e. The van der Waals surface area contributed by atoms with Crippen LogP contribution in [0.15, 0.2) is 24.3 Å². The number of carbonyl (C=O) groups excluding carboxylic acids is 1. The largest absolute Gasteiger partial charge is 0.294 e. The van der Waals surface area contributed by atoms with E-state index in [1.807, 2.05) is 0 Å². The average molecular weight is 466 g/mol. The number of hydrogen-bond acceptors (Lipinski definition) is 2. The molecule has 0 atom stereocenters. The lowest BCUT2D eigenvalue weighted by molar-refractivity contribution is -0.00708. The maximum Gasteiger partial charge on any atom is 0.239 e. The number of quaternary nitrogens is 1. The Hall–Kier alpha value is -1.71. The van der Waals surface area contributed by atoms with Crippen molar-refractivity contribution in [2.75, 3.05) is 20.1 Å². The maximum absolute atomic E-state index is 13.6. The van der Waals surface area contributed by atoms with Crippen LogP contribution in [0.4, 0.5) is 5.82 Å². The molecule has 2 aromatic rings. The van der Waals surface area contributed by atoms with Gasteiger partial charge in [0.15, 0.2) is 5.78 Å². The first-order valence-electron chi connectivity index (χ1n) is 12.9. The van der Waals surface area contributed by atoms with E-state index in [-0.39, 0.29) is 5.78 Å². The highest BCUT2D eigenvalue weighted by atomic mass is 35.5. The molecule has 0 radical (unpaired) electrons. The van der Waals surface area contributed by atoms with Crippen LogP contribution < -0.4 is 4.48 Å². The molecule has 5 rings (SSSR count). The second-order valence-electron chi connectivity index (χ2n) is 11.4. The summed E-state index contributed by atoms with van der Waals surface area (Å²) < 4.78 is 0.802. The zero-order valence-corrected chi connectivity index (χ0v) is 21.3. The lowest BCUT2D eigenvalue weighted by Gasteiger charge is -2.56. The topological polar surface area (TPSA) is 30.0 Å². The van der Waals surface area contributed by atoms with Crippen LogP contribution in [0.25, 0.3) is 0 Å². The Kier molecular flexibility index (Phi) is 6.16. The molecule has 2 aliphatic carbocycles. The number of carbonyl (C=O) groups is 1. The van der Waals surface area contributed by atoms with Crippen molar-refractivity contribution in [3.05, 3.63) is 57.2 Å². The van der Waals surface area contributed by atoms with Crippen LogP contribution in [0.3, 0.4) is 0 Å². The molecule has 0 bridgehead atoms. The van der Waals surface area contributed by atoms with Crippen molar-refractivity contribution in [1.29, 1.82) is 0 Å². The lowest BCUT2D eigenvalue weighted by Crippen LogP contribution is -2.70. The van der Waals surface area contributed by atoms with Crippen LogP contribution in [0, 0.1) is 19.3 Å². The molecule has 2 heterocycles. The standard InChI is InChI=1S/C29H38ClN2O/c1-20-9-7-10-22(17-20)11-8-12-24(33)25-21(2)26(30)27(23-13-14-23)31-28(25)32(3)18-29(19-32)15-5-4-6-16-29/h7,9-10,17,23H,4-6,8,11-16,18-19H2,1-3H3/q+1. The molecule has 4 heteroatoms. The molecule has 0 N–H and O–H groups in total. The average Bonchev–Trinajstić information content (AvgIpc) is 3.60. The van der Waals surface area contributed by atoms with Gasteiger partial charge in [0, 0.05) is 12.3 Å². The van der Waals surface area contributed by atoms with Gasteiger partial charge in [-0.3, -0.25) is 9.28 Å². The van der Waals surface area contributed by atoms with E-state index in [9.17, 15) is 4.79 Å². The summed E-state index contributed by atoms with van der Waals surface area (Å²) in [5.41, 5.74) is 5.88. The Labute approximate surface area is 204 Å². The SMILES string of the molecule is Cc1cccc(CCCC(=O)c2c([N+]3(C)CC4(CCCCC4)C3)nc(C3CC3)c(Cl)c2C)c1. The van der Waals surface area contributed by atoms with E-state index >= 15 is 0 Å². The van der Waals surface area contributed by atoms with Crippen LogP contribution in [-0.4, -0.2) is 30.9 Å². The van der Waals surface area contributed by atoms with Crippen molar-refractivity contribution >= 4 is 23.2 Å². The minimum Gasteiger partial charge on any atom is -0.294 e. The van der Waals surface area contributed by atoms with E-state index in [0.717, 1.165) is 58.1 Å². The van der Waals surface area contributed by atoms with Gasteiger partial charge >= 0.3 is 0 Å². The van der Waals surface area contributed by atoms with Crippen LogP contribution >= 0.6 is 11.6 Å². The number of aryl methyl sites for hydroxylation is 2. The number of Topliss-reactive ketones (excluding diaryl/α,β-unsaturated/α-hetero) is 1. The molecule has 1 spiro atoms. The van der Waals surface area contributed by atoms with Crippen molar-refractivity contribution < 1.29 is 4.79 Å². The highest BCUT2D eigenvalue weighted by Crippen LogP contribution is 2.52. The Morgan fingerprint density at radius 1 is 1.15 bits per heavy atom. The van der Waals surface area contributed by atoms with Crippen molar-refractivity contribution in [2.45, 2.75) is 84.0 Å². The van der Waals surface area contributed by atoms with Crippen LogP contribution in [-0.2, 0) is 6.42 Å². The molecule has 3 aliphatic rings. The summed E-state index contributed by atoms with van der Waals surface area (Å²) in [5, 5.41) is 0.739. The molecule has 176 valence electrons. The van der Waals surface area contributed by atoms with Crippen molar-refractivity contribution in [3.8, 4) is 0 Å². The van der Waals surface area contributed by atoms with E-state index < -0.39 is 0 Å². The van der Waals surface area contributed by atoms with Crippen molar-refractivity contribution in [3.63, 3.8) is 0 Å². The minimum absolute atomic E-state index is 0.218. The van der Waals surface area contributed by atoms with Crippen LogP contribution in [0.2, 0.25) is 5.02 Å². The van der Waals surface area contributed by atoms with Gasteiger partial charge in [-0.15, -0.1) is 0 Å². The van der Waals surface area contributed by atoms with E-state index in [2.05, 4.69) is 45.2 Å². The number of benzene rings is 1. The first-order valence-corrected chi connectivity index (χ1v) is 13.3. The number of hydrogen-bond donors (Lipinski definition) is 0. The summed E-state index contributed by atoms with van der Waals surface area (Å²) in [6.07, 6.45) is 11.4. The Morgan fingerprint density at radius 2 is 1.88 bits per heavy atom. The fourth-order valence-corrected chi connectivity index (χ4v) is 6.98. The zero-order valence-electron chi connectivity index (χ0n) is 20.6. The number of pyridine rings is 1. The van der Waals surface area contributed by atoms with Gasteiger partial charge in [0.25, 0.3) is 0 Å². The van der Waals surface area contributed by atoms with Gasteiger partial charge in [0.2, 0.25) is 5.82 Å². The molecule has 1 aliphatic heterocycles. The van der Waals surface area contributed by atoms with Crippen molar-refractivity contribution in [1.82, 2.24) is 9.47 Å². The number of rotatable bonds is 7. The quantitative estimate of drug-likeness (QED) is 0.316. The predicted molar refractivity (Wildman–Crippen MR) is 137 cm³/mol. The Morgan fingerprint density at radius 3 is 2.55 bits per heavy atom. The molecular weight excluding hydrogens is 428 g/mol. The molecular formula is C29H38ClN2O+. The Bertz CT molecular complexity index is 1060. The highest BCUT2D eigenvalue weighted by Gasteiger charge is 2.56. The summed E-state index contributed by atoms with van der Waals surface area (Å²) in [6.45, 7) is 6.41. The lowest BCUT2D eigenvalue weighted by atomic mass is 9.67. The first kappa shape index (κ1) is 23.1. The number of halogens is 1. The third-order valence-electron chi connectivity index (χ3n) is 8.37. The molecule has 1 aromatic carbocycles. The molecule has 2 saturated carbocycles. The fraction of sp³-hybridized carbons (Fsp3) is 0.586. The van der Waals surface area contributed by atoms with E-state index in [4.69, 9.17) is 16.6 Å². The van der Waals surface area contributed by atoms with Gasteiger partial charge in [0.1, 0.15) is 5.56 Å². The minimum atomic E-state index is 0.218. The van der Waals surface area contributed by atoms with Gasteiger partial charge < -0.3 is 0 Å². The zero-order chi connectivity index (χ0) is 23.2. The second kappa shape index (κ2) is 8.82. The van der Waals surface area contributed by atoms with Crippen molar-refractivity contribution in [2.24, 2.45) is 5.41 Å². The van der Waals surface area contributed by atoms with Crippen LogP contribution in [0.5, 0.6) is 0 Å². The summed E-state index contributed by atoms with van der Waals surface area (Å²) >= 11 is 6.83. The fourth-order valence-electron chi connectivity index (χ4n) is 6.69. The number of ketones is 1. The van der Waals surface area contributed by atoms with Gasteiger partial charge in [-0.2, -0.15) is 4.98 Å². The molecule has 1 aromatic heterocycles. The Balaban J connectivity index is 1.41. The monoisotopic (exact) mass is 465 g/mol. The van der Waals surface area contributed by atoms with E-state index in [0.29, 0.717) is 17.8 Å². The summed E-state index contributed by atoms with van der Waals surface area (Å²) in [4.78, 5) is 18.8. The summed E-state index contributed by atoms with van der Waals surface area (Å²) in [6, 6.07) is 8.60. The molecule has 3 nitrogen and oxygen atoms in total. The van der Waals surface area contributed by atoms with Gasteiger partial charge in [-0.05, 0) is 63.5 Å². The summed E-state index contributed by atoms with van der Waals surface area (Å²) in [7, 11) is 2.30. The summed E-state index contributed by atoms with van der Waals surface area (Å²) in [5.74, 6) is 1.71. The molecule has 0 unspecified atom stereocenters. The molecule has 1 saturated heterocycles. The number of aromatic nitrogens is 1. The normalized spacial score (nSPS) is 21.1. The third-order valence-corrected chi connectivity index (χ3v) is 8.85. The van der Waals surface area contributed by atoms with E-state index in [1.54, 1.807) is 0 Å². The molecule has 33 heavy (non-hydrogen) atoms. The predicted octanol–water partition coefficient (Wildman–Crippen LogP) is 7.34. The van der Waals surface area contributed by atoms with Gasteiger partial charge in [-0.1, -0.05) is 60.7 Å². The third kappa shape index (κ3) is 4.51. The van der Waals surface area contributed by atoms with Gasteiger partial charge in [-0.25, -0.2) is 0 Å². The highest BCUT2D eigenvalue weighted by molar-refractivity contribution is 6.32. The maximum atomic E-state index is 13.6. The van der Waals surface area contributed by atoms with E-state index in [1.165, 1.54) is 56.1 Å². The first-order chi connectivity index (χ1) is 15.8. The number of nitrogens with zero attached hydrogens (tertiary/aromatic N) is 2. The van der Waals surface area contributed by atoms with Crippen LogP contribution in [0.1, 0.15) is 96.4 Å².